The zero-order valence-corrected chi connectivity index (χ0v) is 7.71. The number of likely N-dealkylation sites (N-methyl/N-ethyl adjacent to an activating group) is 1. The summed E-state index contributed by atoms with van der Waals surface area (Å²) in [5, 5.41) is 17.8. The van der Waals surface area contributed by atoms with Crippen molar-refractivity contribution in [3.63, 3.8) is 0 Å². The Labute approximate surface area is 81.4 Å². The fourth-order valence-electron chi connectivity index (χ4n) is 0.973. The van der Waals surface area contributed by atoms with Gasteiger partial charge in [-0.1, -0.05) is 11.6 Å². The van der Waals surface area contributed by atoms with Crippen molar-refractivity contribution in [3.05, 3.63) is 34.7 Å². The maximum absolute atomic E-state index is 8.62. The number of hydrogen-bond donors (Lipinski definition) is 0. The standard InChI is InChI=1S/C9H6ClN3/c1-13-6-8(10)2-3-9(13)7(4-11)5-12/h2-3,6H,1H3. The Morgan fingerprint density at radius 1 is 1.38 bits per heavy atom. The van der Waals surface area contributed by atoms with E-state index in [-0.39, 0.29) is 5.57 Å². The molecule has 13 heavy (non-hydrogen) atoms. The molecular weight excluding hydrogens is 186 g/mol. The molecule has 4 heteroatoms. The van der Waals surface area contributed by atoms with Crippen LogP contribution in [0.15, 0.2) is 34.7 Å². The molecule has 0 N–H and O–H groups in total. The van der Waals surface area contributed by atoms with Gasteiger partial charge in [-0.2, -0.15) is 10.5 Å². The van der Waals surface area contributed by atoms with E-state index in [2.05, 4.69) is 0 Å². The topological polar surface area (TPSA) is 50.8 Å². The maximum atomic E-state index is 8.62. The second-order valence-corrected chi connectivity index (χ2v) is 2.88. The van der Waals surface area contributed by atoms with Crippen LogP contribution in [0.5, 0.6) is 0 Å². The number of rotatable bonds is 0. The molecule has 1 rings (SSSR count). The molecule has 0 aliphatic carbocycles. The molecule has 1 heterocycles. The Morgan fingerprint density at radius 2 is 2.00 bits per heavy atom. The smallest absolute Gasteiger partial charge is 0.153 e. The highest BCUT2D eigenvalue weighted by Gasteiger charge is 2.10. The van der Waals surface area contributed by atoms with Crippen molar-refractivity contribution < 1.29 is 0 Å². The van der Waals surface area contributed by atoms with Gasteiger partial charge >= 0.3 is 0 Å². The first kappa shape index (κ1) is 9.38. The van der Waals surface area contributed by atoms with Gasteiger partial charge in [0, 0.05) is 13.2 Å². The van der Waals surface area contributed by atoms with Crippen molar-refractivity contribution in [2.45, 2.75) is 0 Å². The highest BCUT2D eigenvalue weighted by molar-refractivity contribution is 6.31. The van der Waals surface area contributed by atoms with E-state index in [0.29, 0.717) is 10.7 Å². The lowest BCUT2D eigenvalue weighted by molar-refractivity contribution is 0.579. The molecule has 0 radical (unpaired) electrons. The van der Waals surface area contributed by atoms with Gasteiger partial charge in [0.25, 0.3) is 0 Å². The van der Waals surface area contributed by atoms with E-state index in [9.17, 15) is 0 Å². The molecule has 0 saturated carbocycles. The molecule has 0 aromatic heterocycles. The predicted octanol–water partition coefficient (Wildman–Crippen LogP) is 1.87. The summed E-state index contributed by atoms with van der Waals surface area (Å²) in [6, 6.07) is 3.64. The van der Waals surface area contributed by atoms with Crippen LogP contribution < -0.4 is 0 Å². The third kappa shape index (κ3) is 1.90. The van der Waals surface area contributed by atoms with E-state index in [1.54, 1.807) is 30.3 Å². The van der Waals surface area contributed by atoms with Crippen LogP contribution in [0.3, 0.4) is 0 Å². The monoisotopic (exact) mass is 191 g/mol. The molecule has 1 aliphatic heterocycles. The van der Waals surface area contributed by atoms with Gasteiger partial charge < -0.3 is 4.90 Å². The average molecular weight is 192 g/mol. The van der Waals surface area contributed by atoms with Crippen molar-refractivity contribution >= 4 is 11.6 Å². The number of halogens is 1. The van der Waals surface area contributed by atoms with E-state index >= 15 is 0 Å². The molecule has 0 spiro atoms. The second kappa shape index (κ2) is 3.80. The Bertz CT molecular complexity index is 374. The zero-order valence-electron chi connectivity index (χ0n) is 6.95. The van der Waals surface area contributed by atoms with E-state index in [1.165, 1.54) is 0 Å². The molecule has 0 bridgehead atoms. The van der Waals surface area contributed by atoms with Gasteiger partial charge in [-0.15, -0.1) is 0 Å². The van der Waals surface area contributed by atoms with Crippen LogP contribution in [0.1, 0.15) is 0 Å². The molecule has 64 valence electrons. The van der Waals surface area contributed by atoms with Crippen molar-refractivity contribution in [2.75, 3.05) is 7.05 Å². The fraction of sp³-hybridized carbons (Fsp3) is 0.111. The minimum Gasteiger partial charge on any atom is -0.348 e. The first-order valence-electron chi connectivity index (χ1n) is 3.51. The second-order valence-electron chi connectivity index (χ2n) is 2.44. The van der Waals surface area contributed by atoms with Gasteiger partial charge in [0.05, 0.1) is 10.7 Å². The normalized spacial score (nSPS) is 14.6. The first-order chi connectivity index (χ1) is 6.19. The summed E-state index contributed by atoms with van der Waals surface area (Å²) in [6.07, 6.45) is 4.93. The summed E-state index contributed by atoms with van der Waals surface area (Å²) in [4.78, 5) is 1.64. The fourth-order valence-corrected chi connectivity index (χ4v) is 1.18. The van der Waals surface area contributed by atoms with Crippen molar-refractivity contribution in [1.29, 1.82) is 10.5 Å². The molecule has 0 fully saturated rings. The number of hydrogen-bond acceptors (Lipinski definition) is 3. The maximum Gasteiger partial charge on any atom is 0.153 e. The Morgan fingerprint density at radius 3 is 2.46 bits per heavy atom. The summed E-state index contributed by atoms with van der Waals surface area (Å²) in [6.45, 7) is 0. The Hall–Kier alpha value is -1.71. The van der Waals surface area contributed by atoms with Gasteiger partial charge in [0.15, 0.2) is 5.57 Å². The third-order valence-corrected chi connectivity index (χ3v) is 1.80. The van der Waals surface area contributed by atoms with Crippen LogP contribution in [0, 0.1) is 22.7 Å². The Kier molecular flexibility index (Phi) is 2.74. The van der Waals surface area contributed by atoms with Crippen LogP contribution in [0.2, 0.25) is 0 Å². The number of nitrogens with zero attached hydrogens (tertiary/aromatic N) is 3. The molecule has 0 amide bonds. The molecule has 1 aliphatic rings. The summed E-state index contributed by atoms with van der Waals surface area (Å²) in [5.74, 6) is 0. The highest BCUT2D eigenvalue weighted by atomic mass is 35.5. The zero-order chi connectivity index (χ0) is 9.84. The van der Waals surface area contributed by atoms with Crippen LogP contribution in [0.25, 0.3) is 0 Å². The molecular formula is C9H6ClN3. The van der Waals surface area contributed by atoms with Gasteiger partial charge in [0.1, 0.15) is 12.1 Å². The predicted molar refractivity (Wildman–Crippen MR) is 49.1 cm³/mol. The Balaban J connectivity index is 3.14. The lowest BCUT2D eigenvalue weighted by atomic mass is 10.2. The number of nitriles is 2. The first-order valence-corrected chi connectivity index (χ1v) is 3.89. The average Bonchev–Trinajstić information content (AvgIpc) is 2.10. The van der Waals surface area contributed by atoms with E-state index in [0.717, 1.165) is 0 Å². The third-order valence-electron chi connectivity index (χ3n) is 1.58. The largest absolute Gasteiger partial charge is 0.348 e. The quantitative estimate of drug-likeness (QED) is 0.550. The lowest BCUT2D eigenvalue weighted by Crippen LogP contribution is -2.13. The molecule has 0 aromatic carbocycles. The minimum atomic E-state index is 0.0826. The molecule has 0 atom stereocenters. The van der Waals surface area contributed by atoms with Crippen molar-refractivity contribution in [1.82, 2.24) is 4.90 Å². The van der Waals surface area contributed by atoms with Crippen LogP contribution in [-0.4, -0.2) is 11.9 Å². The molecule has 0 aromatic rings. The summed E-state index contributed by atoms with van der Waals surface area (Å²) in [5.41, 5.74) is 0.647. The van der Waals surface area contributed by atoms with Gasteiger partial charge in [0.2, 0.25) is 0 Å². The van der Waals surface area contributed by atoms with E-state index < -0.39 is 0 Å². The van der Waals surface area contributed by atoms with Gasteiger partial charge in [-0.3, -0.25) is 0 Å². The molecule has 0 saturated heterocycles. The summed E-state index contributed by atoms with van der Waals surface area (Å²) in [7, 11) is 1.73. The van der Waals surface area contributed by atoms with E-state index in [4.69, 9.17) is 22.1 Å². The summed E-state index contributed by atoms with van der Waals surface area (Å²) < 4.78 is 0. The van der Waals surface area contributed by atoms with Gasteiger partial charge in [-0.25, -0.2) is 0 Å². The van der Waals surface area contributed by atoms with Crippen molar-refractivity contribution in [3.8, 4) is 12.1 Å². The highest BCUT2D eigenvalue weighted by Crippen LogP contribution is 2.19. The molecule has 3 nitrogen and oxygen atoms in total. The molecule has 0 unspecified atom stereocenters. The summed E-state index contributed by atoms with van der Waals surface area (Å²) >= 11 is 5.71. The van der Waals surface area contributed by atoms with Crippen LogP contribution in [0.4, 0.5) is 0 Å². The lowest BCUT2D eigenvalue weighted by Gasteiger charge is -2.18. The van der Waals surface area contributed by atoms with E-state index in [1.807, 2.05) is 12.1 Å². The van der Waals surface area contributed by atoms with Crippen LogP contribution >= 0.6 is 11.6 Å². The minimum absolute atomic E-state index is 0.0826. The van der Waals surface area contributed by atoms with Gasteiger partial charge in [-0.05, 0) is 12.2 Å². The number of allylic oxidation sites excluding steroid dienone is 4. The SMILES string of the molecule is CN1C=C(Cl)C=CC1=C(C#N)C#N. The van der Waals surface area contributed by atoms with Crippen molar-refractivity contribution in [2.24, 2.45) is 0 Å². The van der Waals surface area contributed by atoms with Crippen LogP contribution in [-0.2, 0) is 0 Å².